The lowest BCUT2D eigenvalue weighted by Crippen LogP contribution is -2.52. The van der Waals surface area contributed by atoms with E-state index in [1.54, 1.807) is 17.2 Å². The molecule has 2 N–H and O–H groups in total. The molecule has 0 amide bonds. The van der Waals surface area contributed by atoms with Gasteiger partial charge in [-0.2, -0.15) is 15.0 Å². The molecule has 1 aromatic heterocycles. The third-order valence-electron chi connectivity index (χ3n) is 9.45. The summed E-state index contributed by atoms with van der Waals surface area (Å²) in [7, 11) is 0. The van der Waals surface area contributed by atoms with Crippen molar-refractivity contribution >= 4 is 5.78 Å². The van der Waals surface area contributed by atoms with Gasteiger partial charge in [0.05, 0.1) is 12.4 Å². The minimum Gasteiger partial charge on any atom is -0.325 e. The van der Waals surface area contributed by atoms with Gasteiger partial charge in [0, 0.05) is 11.5 Å². The number of hydrogen-bond donors (Lipinski definition) is 1. The lowest BCUT2D eigenvalue weighted by molar-refractivity contribution is -0.131. The van der Waals surface area contributed by atoms with Gasteiger partial charge in [-0.05, 0) is 99.7 Å². The quantitative estimate of drug-likeness (QED) is 0.859. The second kappa shape index (κ2) is 6.65. The topological polar surface area (TPSA) is 73.8 Å². The van der Waals surface area contributed by atoms with E-state index in [0.717, 1.165) is 36.0 Å². The van der Waals surface area contributed by atoms with Crippen molar-refractivity contribution in [3.05, 3.63) is 12.4 Å². The Labute approximate surface area is 168 Å². The zero-order valence-electron chi connectivity index (χ0n) is 17.5. The molecule has 0 spiro atoms. The third kappa shape index (κ3) is 2.96. The summed E-state index contributed by atoms with van der Waals surface area (Å²) < 4.78 is 0. The number of ketones is 1. The van der Waals surface area contributed by atoms with Crippen LogP contribution >= 0.6 is 0 Å². The van der Waals surface area contributed by atoms with E-state index in [1.165, 1.54) is 51.4 Å². The Bertz CT molecular complexity index is 729. The van der Waals surface area contributed by atoms with Gasteiger partial charge in [-0.1, -0.05) is 6.92 Å². The lowest BCUT2D eigenvalue weighted by atomic mass is 9.48. The van der Waals surface area contributed by atoms with E-state index < -0.39 is 0 Å². The maximum atomic E-state index is 13.1. The van der Waals surface area contributed by atoms with Crippen molar-refractivity contribution in [3.63, 3.8) is 0 Å². The number of carbonyl (C=O) groups excluding carboxylic acids is 1. The van der Waals surface area contributed by atoms with Crippen molar-refractivity contribution in [2.45, 2.75) is 83.7 Å². The number of carbonyl (C=O) groups is 1. The Morgan fingerprint density at radius 2 is 1.75 bits per heavy atom. The van der Waals surface area contributed by atoms with Crippen molar-refractivity contribution in [2.24, 2.45) is 46.7 Å². The highest BCUT2D eigenvalue weighted by Gasteiger charge is 2.58. The van der Waals surface area contributed by atoms with Crippen LogP contribution in [0, 0.1) is 40.9 Å². The first kappa shape index (κ1) is 18.8. The molecule has 4 aliphatic rings. The van der Waals surface area contributed by atoms with Crippen LogP contribution in [0.25, 0.3) is 0 Å². The van der Waals surface area contributed by atoms with E-state index in [9.17, 15) is 4.79 Å². The van der Waals surface area contributed by atoms with Gasteiger partial charge in [-0.3, -0.25) is 4.79 Å². The predicted molar refractivity (Wildman–Crippen MR) is 108 cm³/mol. The van der Waals surface area contributed by atoms with Gasteiger partial charge in [0.2, 0.25) is 0 Å². The number of nitrogens with two attached hydrogens (primary N) is 1. The van der Waals surface area contributed by atoms with Crippen LogP contribution in [-0.2, 0) is 11.3 Å². The Morgan fingerprint density at radius 3 is 2.54 bits per heavy atom. The summed E-state index contributed by atoms with van der Waals surface area (Å²) in [5, 5.41) is 8.30. The van der Waals surface area contributed by atoms with Gasteiger partial charge in [0.25, 0.3) is 0 Å². The van der Waals surface area contributed by atoms with Crippen molar-refractivity contribution in [3.8, 4) is 0 Å². The highest BCUT2D eigenvalue weighted by atomic mass is 16.1. The summed E-state index contributed by atoms with van der Waals surface area (Å²) in [5.41, 5.74) is 6.76. The zero-order valence-corrected chi connectivity index (χ0v) is 17.5. The van der Waals surface area contributed by atoms with Gasteiger partial charge >= 0.3 is 0 Å². The molecular formula is C23H36N4O. The minimum atomic E-state index is 0.0581. The molecule has 154 valence electrons. The fourth-order valence-electron chi connectivity index (χ4n) is 8.24. The van der Waals surface area contributed by atoms with Crippen LogP contribution in [-0.4, -0.2) is 26.3 Å². The van der Waals surface area contributed by atoms with Gasteiger partial charge in [0.1, 0.15) is 6.54 Å². The standard InChI is InChI=1S/C23H36N4O/c1-22(24)9-7-16-15(13-22)3-4-18-17(16)8-10-23(2)19(18)5-6-20(23)21(28)14-27-25-11-12-26-27/h11-12,15-20H,3-10,13-14,24H2,1-2H3/t15-,16+,17?,18-,19+,20-,22-,23+/m1/s1. The maximum absolute atomic E-state index is 13.1. The first-order chi connectivity index (χ1) is 13.4. The van der Waals surface area contributed by atoms with E-state index in [4.69, 9.17) is 5.73 Å². The molecule has 4 aliphatic carbocycles. The smallest absolute Gasteiger partial charge is 0.159 e. The van der Waals surface area contributed by atoms with Gasteiger partial charge in [0.15, 0.2) is 5.78 Å². The van der Waals surface area contributed by atoms with Crippen molar-refractivity contribution < 1.29 is 4.79 Å². The average molecular weight is 385 g/mol. The van der Waals surface area contributed by atoms with E-state index in [-0.39, 0.29) is 16.9 Å². The number of rotatable bonds is 3. The van der Waals surface area contributed by atoms with Crippen LogP contribution in [0.2, 0.25) is 0 Å². The highest BCUT2D eigenvalue weighted by molar-refractivity contribution is 5.81. The predicted octanol–water partition coefficient (Wildman–Crippen LogP) is 3.83. The van der Waals surface area contributed by atoms with Crippen LogP contribution in [0.5, 0.6) is 0 Å². The average Bonchev–Trinajstić information content (AvgIpc) is 3.27. The summed E-state index contributed by atoms with van der Waals surface area (Å²) in [6.45, 7) is 5.03. The summed E-state index contributed by atoms with van der Waals surface area (Å²) >= 11 is 0. The fourth-order valence-corrected chi connectivity index (χ4v) is 8.24. The summed E-state index contributed by atoms with van der Waals surface area (Å²) in [5.74, 6) is 4.74. The molecule has 5 rings (SSSR count). The van der Waals surface area contributed by atoms with Crippen LogP contribution in [0.15, 0.2) is 12.4 Å². The molecule has 4 saturated carbocycles. The molecule has 8 atom stereocenters. The van der Waals surface area contributed by atoms with E-state index in [2.05, 4.69) is 24.0 Å². The molecule has 0 aromatic carbocycles. The third-order valence-corrected chi connectivity index (χ3v) is 9.45. The van der Waals surface area contributed by atoms with Crippen molar-refractivity contribution in [2.75, 3.05) is 0 Å². The first-order valence-corrected chi connectivity index (χ1v) is 11.5. The fraction of sp³-hybridized carbons (Fsp3) is 0.870. The van der Waals surface area contributed by atoms with E-state index >= 15 is 0 Å². The van der Waals surface area contributed by atoms with Crippen molar-refractivity contribution in [1.82, 2.24) is 15.0 Å². The summed E-state index contributed by atoms with van der Waals surface area (Å²) in [6.07, 6.45) is 14.7. The molecule has 4 fully saturated rings. The van der Waals surface area contributed by atoms with E-state index in [1.807, 2.05) is 0 Å². The monoisotopic (exact) mass is 384 g/mol. The van der Waals surface area contributed by atoms with Gasteiger partial charge in [-0.25, -0.2) is 0 Å². The van der Waals surface area contributed by atoms with Crippen LogP contribution in [0.3, 0.4) is 0 Å². The molecule has 5 nitrogen and oxygen atoms in total. The van der Waals surface area contributed by atoms with Crippen LogP contribution in [0.4, 0.5) is 0 Å². The summed E-state index contributed by atoms with van der Waals surface area (Å²) in [6, 6.07) is 0. The second-order valence-electron chi connectivity index (χ2n) is 11.0. The molecule has 1 aromatic rings. The zero-order chi connectivity index (χ0) is 19.5. The Hall–Kier alpha value is -1.23. The highest BCUT2D eigenvalue weighted by Crippen LogP contribution is 2.64. The molecule has 0 saturated heterocycles. The molecule has 1 unspecified atom stereocenters. The Balaban J connectivity index is 1.32. The number of Topliss-reactive ketones (excluding diaryl/α,β-unsaturated/α-hetero) is 1. The molecule has 1 heterocycles. The SMILES string of the molecule is C[C@@]1(N)CC[C@@H]2C3CC[C@]4(C)[C@@H](C(=O)Cn5nccn5)CC[C@H]4[C@@H]3CC[C@@H]2C1. The Kier molecular flexibility index (Phi) is 4.46. The van der Waals surface area contributed by atoms with Crippen molar-refractivity contribution in [1.29, 1.82) is 0 Å². The summed E-state index contributed by atoms with van der Waals surface area (Å²) in [4.78, 5) is 14.7. The van der Waals surface area contributed by atoms with Crippen LogP contribution in [0.1, 0.15) is 71.6 Å². The molecule has 0 radical (unpaired) electrons. The molecule has 28 heavy (non-hydrogen) atoms. The van der Waals surface area contributed by atoms with Gasteiger partial charge < -0.3 is 5.73 Å². The Morgan fingerprint density at radius 1 is 1.00 bits per heavy atom. The normalized spacial score (nSPS) is 47.8. The maximum Gasteiger partial charge on any atom is 0.159 e. The first-order valence-electron chi connectivity index (χ1n) is 11.5. The molecular weight excluding hydrogens is 348 g/mol. The van der Waals surface area contributed by atoms with Gasteiger partial charge in [-0.15, -0.1) is 0 Å². The molecule has 0 bridgehead atoms. The largest absolute Gasteiger partial charge is 0.325 e. The lowest BCUT2D eigenvalue weighted by Gasteiger charge is -2.57. The van der Waals surface area contributed by atoms with Crippen LogP contribution < -0.4 is 5.73 Å². The number of hydrogen-bond acceptors (Lipinski definition) is 4. The van der Waals surface area contributed by atoms with E-state index in [0.29, 0.717) is 12.3 Å². The molecule has 0 aliphatic heterocycles. The number of nitrogens with zero attached hydrogens (tertiary/aromatic N) is 3. The molecule has 5 heteroatoms. The number of fused-ring (bicyclic) bond motifs is 5. The second-order valence-corrected chi connectivity index (χ2v) is 11.0. The number of aromatic nitrogens is 3. The minimum absolute atomic E-state index is 0.0581.